The molecule has 1 aliphatic heterocycles. The van der Waals surface area contributed by atoms with Crippen molar-refractivity contribution in [3.8, 4) is 0 Å². The van der Waals surface area contributed by atoms with Gasteiger partial charge in [0, 0.05) is 42.4 Å². The zero-order chi connectivity index (χ0) is 31.8. The molecule has 43 heavy (non-hydrogen) atoms. The molecule has 1 heterocycles. The number of aldehydes is 1. The van der Waals surface area contributed by atoms with E-state index in [0.717, 1.165) is 35.8 Å². The number of halogens is 1. The standard InChI is InChI=1S/C32H44ClN5O5/c1-31(2,11-13-43-32(3,4)10-12-34)24-15-25(33)17-26(16-24)36-30(42)35-18-21-6-7-22(20-39)23(14-21)19-38(5)27-8-9-28(40)37-29(27)41/h6-7,14-17,20,27H,8-13,18-19,34H2,1-5H3,(H2,35,36,42)(H,37,40,41). The van der Waals surface area contributed by atoms with Crippen molar-refractivity contribution in [3.05, 3.63) is 63.7 Å². The Balaban J connectivity index is 1.61. The van der Waals surface area contributed by atoms with Crippen LogP contribution in [0.2, 0.25) is 5.02 Å². The molecular weight excluding hydrogens is 570 g/mol. The monoisotopic (exact) mass is 613 g/mol. The van der Waals surface area contributed by atoms with Gasteiger partial charge in [0.05, 0.1) is 11.6 Å². The minimum Gasteiger partial charge on any atom is -0.375 e. The molecule has 5 N–H and O–H groups in total. The fourth-order valence-corrected chi connectivity index (χ4v) is 5.29. The lowest BCUT2D eigenvalue weighted by Crippen LogP contribution is -2.51. The average molecular weight is 614 g/mol. The Labute approximate surface area is 259 Å². The summed E-state index contributed by atoms with van der Waals surface area (Å²) in [6.45, 7) is 9.96. The third-order valence-corrected chi connectivity index (χ3v) is 8.07. The van der Waals surface area contributed by atoms with E-state index in [-0.39, 0.29) is 35.8 Å². The number of benzene rings is 2. The summed E-state index contributed by atoms with van der Waals surface area (Å²) in [4.78, 5) is 50.1. The van der Waals surface area contributed by atoms with Crippen LogP contribution in [0, 0.1) is 0 Å². The highest BCUT2D eigenvalue weighted by molar-refractivity contribution is 6.31. The van der Waals surface area contributed by atoms with Gasteiger partial charge in [0.1, 0.15) is 6.29 Å². The molecule has 1 fully saturated rings. The molecule has 1 aliphatic rings. The molecule has 0 radical (unpaired) electrons. The molecule has 2 aromatic carbocycles. The molecule has 11 heteroatoms. The van der Waals surface area contributed by atoms with Crippen molar-refractivity contribution in [1.29, 1.82) is 0 Å². The summed E-state index contributed by atoms with van der Waals surface area (Å²) in [7, 11) is 1.78. The van der Waals surface area contributed by atoms with Crippen molar-refractivity contribution >= 4 is 41.4 Å². The lowest BCUT2D eigenvalue weighted by molar-refractivity contribution is -0.137. The normalized spacial score (nSPS) is 15.8. The first-order valence-electron chi connectivity index (χ1n) is 14.5. The van der Waals surface area contributed by atoms with Crippen LogP contribution in [0.4, 0.5) is 10.5 Å². The molecule has 1 unspecified atom stereocenters. The van der Waals surface area contributed by atoms with Crippen molar-refractivity contribution in [2.75, 3.05) is 25.5 Å². The van der Waals surface area contributed by atoms with Crippen molar-refractivity contribution < 1.29 is 23.9 Å². The average Bonchev–Trinajstić information content (AvgIpc) is 2.91. The van der Waals surface area contributed by atoms with Crippen LogP contribution in [0.15, 0.2) is 36.4 Å². The molecular formula is C32H44ClN5O5. The SMILES string of the molecule is CN(Cc1cc(CNC(=O)Nc2cc(Cl)cc(C(C)(C)CCOC(C)(C)CCN)c2)ccc1C=O)C1CCC(=O)NC1=O. The third kappa shape index (κ3) is 10.1. The Bertz CT molecular complexity index is 1330. The number of carbonyl (C=O) groups excluding carboxylic acids is 4. The number of imide groups is 1. The van der Waals surface area contributed by atoms with Crippen molar-refractivity contribution in [3.63, 3.8) is 0 Å². The van der Waals surface area contributed by atoms with E-state index in [1.165, 1.54) is 0 Å². The van der Waals surface area contributed by atoms with Gasteiger partial charge in [-0.15, -0.1) is 0 Å². The van der Waals surface area contributed by atoms with Crippen LogP contribution in [0.5, 0.6) is 0 Å². The van der Waals surface area contributed by atoms with Crippen LogP contribution in [0.3, 0.4) is 0 Å². The summed E-state index contributed by atoms with van der Waals surface area (Å²) in [5.74, 6) is -0.617. The minimum absolute atomic E-state index is 0.217. The van der Waals surface area contributed by atoms with E-state index in [2.05, 4.69) is 29.8 Å². The number of hydrogen-bond acceptors (Lipinski definition) is 7. The van der Waals surface area contributed by atoms with Gasteiger partial charge in [-0.3, -0.25) is 24.6 Å². The molecule has 0 aromatic heterocycles. The number of amides is 4. The lowest BCUT2D eigenvalue weighted by Gasteiger charge is -2.30. The first-order chi connectivity index (χ1) is 20.2. The first kappa shape index (κ1) is 34.2. The van der Waals surface area contributed by atoms with Gasteiger partial charge >= 0.3 is 6.03 Å². The fourth-order valence-electron chi connectivity index (χ4n) is 5.06. The van der Waals surface area contributed by atoms with Gasteiger partial charge in [0.25, 0.3) is 0 Å². The molecule has 3 rings (SSSR count). The van der Waals surface area contributed by atoms with Crippen molar-refractivity contribution in [2.24, 2.45) is 5.73 Å². The molecule has 0 spiro atoms. The Kier molecular flexibility index (Phi) is 11.9. The van der Waals surface area contributed by atoms with Crippen LogP contribution in [-0.4, -0.2) is 60.9 Å². The van der Waals surface area contributed by atoms with Gasteiger partial charge in [-0.1, -0.05) is 43.6 Å². The Morgan fingerprint density at radius 3 is 2.58 bits per heavy atom. The van der Waals surface area contributed by atoms with E-state index in [1.54, 1.807) is 25.2 Å². The number of piperidine rings is 1. The maximum Gasteiger partial charge on any atom is 0.319 e. The topological polar surface area (TPSA) is 143 Å². The van der Waals surface area contributed by atoms with E-state index >= 15 is 0 Å². The highest BCUT2D eigenvalue weighted by Crippen LogP contribution is 2.32. The van der Waals surface area contributed by atoms with E-state index in [4.69, 9.17) is 22.1 Å². The summed E-state index contributed by atoms with van der Waals surface area (Å²) in [5.41, 5.74) is 8.70. The summed E-state index contributed by atoms with van der Waals surface area (Å²) in [6, 6.07) is 9.95. The van der Waals surface area contributed by atoms with E-state index in [0.29, 0.717) is 42.4 Å². The number of nitrogens with one attached hydrogen (secondary N) is 3. The second kappa shape index (κ2) is 14.9. The predicted molar refractivity (Wildman–Crippen MR) is 168 cm³/mol. The van der Waals surface area contributed by atoms with Crippen molar-refractivity contribution in [2.45, 2.75) is 83.5 Å². The highest BCUT2D eigenvalue weighted by atomic mass is 35.5. The second-order valence-electron chi connectivity index (χ2n) is 12.4. The number of urea groups is 1. The largest absolute Gasteiger partial charge is 0.375 e. The number of ether oxygens (including phenoxy) is 1. The summed E-state index contributed by atoms with van der Waals surface area (Å²) in [5, 5.41) is 8.60. The second-order valence-corrected chi connectivity index (χ2v) is 12.8. The number of rotatable bonds is 14. The molecule has 2 aromatic rings. The molecule has 0 bridgehead atoms. The van der Waals surface area contributed by atoms with Crippen LogP contribution in [0.1, 0.15) is 80.4 Å². The van der Waals surface area contributed by atoms with Crippen LogP contribution >= 0.6 is 11.6 Å². The van der Waals surface area contributed by atoms with Gasteiger partial charge in [-0.25, -0.2) is 4.79 Å². The summed E-state index contributed by atoms with van der Waals surface area (Å²) >= 11 is 6.43. The summed E-state index contributed by atoms with van der Waals surface area (Å²) < 4.78 is 6.06. The van der Waals surface area contributed by atoms with Crippen molar-refractivity contribution in [1.82, 2.24) is 15.5 Å². The molecule has 0 aliphatic carbocycles. The first-order valence-corrected chi connectivity index (χ1v) is 14.9. The molecule has 1 saturated heterocycles. The predicted octanol–water partition coefficient (Wildman–Crippen LogP) is 4.52. The van der Waals surface area contributed by atoms with Gasteiger partial charge in [0.2, 0.25) is 11.8 Å². The number of carbonyl (C=O) groups is 4. The number of likely N-dealkylation sites (N-methyl/N-ethyl adjacent to an activating group) is 1. The number of anilines is 1. The Morgan fingerprint density at radius 2 is 1.91 bits per heavy atom. The fraction of sp³-hybridized carbons (Fsp3) is 0.500. The van der Waals surface area contributed by atoms with Gasteiger partial charge < -0.3 is 21.1 Å². The quantitative estimate of drug-likeness (QED) is 0.181. The van der Waals surface area contributed by atoms with Crippen LogP contribution < -0.4 is 21.7 Å². The number of hydrogen-bond donors (Lipinski definition) is 4. The maximum absolute atomic E-state index is 12.8. The van der Waals surface area contributed by atoms with Crippen LogP contribution in [0.25, 0.3) is 0 Å². The molecule has 234 valence electrons. The molecule has 0 saturated carbocycles. The van der Waals surface area contributed by atoms with E-state index in [9.17, 15) is 19.2 Å². The number of nitrogens with two attached hydrogens (primary N) is 1. The van der Waals surface area contributed by atoms with Gasteiger partial charge in [-0.2, -0.15) is 0 Å². The highest BCUT2D eigenvalue weighted by Gasteiger charge is 2.30. The smallest absolute Gasteiger partial charge is 0.319 e. The lowest BCUT2D eigenvalue weighted by atomic mass is 9.81. The third-order valence-electron chi connectivity index (χ3n) is 7.85. The summed E-state index contributed by atoms with van der Waals surface area (Å²) in [6.07, 6.45) is 2.99. The molecule has 10 nitrogen and oxygen atoms in total. The Hall–Kier alpha value is -3.31. The zero-order valence-corrected chi connectivity index (χ0v) is 26.5. The molecule has 1 atom stereocenters. The van der Waals surface area contributed by atoms with Gasteiger partial charge in [-0.05, 0) is 87.0 Å². The zero-order valence-electron chi connectivity index (χ0n) is 25.7. The van der Waals surface area contributed by atoms with Gasteiger partial charge in [0.15, 0.2) is 0 Å². The Morgan fingerprint density at radius 1 is 1.16 bits per heavy atom. The van der Waals surface area contributed by atoms with Crippen LogP contribution in [-0.2, 0) is 32.8 Å². The van der Waals surface area contributed by atoms with E-state index < -0.39 is 12.1 Å². The maximum atomic E-state index is 12.8. The molecule has 4 amide bonds. The van der Waals surface area contributed by atoms with E-state index in [1.807, 2.05) is 36.9 Å². The minimum atomic E-state index is -0.465. The number of nitrogens with zero attached hydrogens (tertiary/aromatic N) is 1.